The van der Waals surface area contributed by atoms with Gasteiger partial charge in [-0.2, -0.15) is 0 Å². The molecule has 1 nitrogen and oxygen atoms in total. The molecule has 0 saturated carbocycles. The lowest BCUT2D eigenvalue weighted by Crippen LogP contribution is -2.17. The van der Waals surface area contributed by atoms with Gasteiger partial charge in [-0.1, -0.05) is 15.9 Å². The first kappa shape index (κ1) is 13.1. The number of benzene rings is 1. The Kier molecular flexibility index (Phi) is 3.58. The maximum Gasteiger partial charge on any atom is 0.150 e. The molecule has 1 heterocycles. The zero-order valence-electron chi connectivity index (χ0n) is 10.1. The summed E-state index contributed by atoms with van der Waals surface area (Å²) in [6, 6.07) is 4.61. The third kappa shape index (κ3) is 2.54. The third-order valence-electron chi connectivity index (χ3n) is 3.38. The van der Waals surface area contributed by atoms with Crippen LogP contribution in [0.3, 0.4) is 0 Å². The molecule has 1 N–H and O–H groups in total. The molecular weight excluding hydrogens is 332 g/mol. The summed E-state index contributed by atoms with van der Waals surface area (Å²) in [6.45, 7) is 0. The van der Waals surface area contributed by atoms with E-state index in [-0.39, 0.29) is 11.7 Å². The van der Waals surface area contributed by atoms with Gasteiger partial charge in [-0.3, -0.25) is 0 Å². The third-order valence-corrected chi connectivity index (χ3v) is 4.83. The zero-order chi connectivity index (χ0) is 13.4. The minimum absolute atomic E-state index is 0.000163. The molecule has 19 heavy (non-hydrogen) atoms. The van der Waals surface area contributed by atoms with Crippen LogP contribution >= 0.6 is 27.3 Å². The van der Waals surface area contributed by atoms with E-state index in [1.54, 1.807) is 11.3 Å². The first-order valence-electron chi connectivity index (χ1n) is 6.12. The van der Waals surface area contributed by atoms with E-state index >= 15 is 0 Å². The number of halogens is 3. The summed E-state index contributed by atoms with van der Waals surface area (Å²) in [5.74, 6) is -1.12. The van der Waals surface area contributed by atoms with Gasteiger partial charge in [-0.05, 0) is 48.4 Å². The van der Waals surface area contributed by atoms with Gasteiger partial charge >= 0.3 is 0 Å². The molecule has 0 radical (unpaired) electrons. The number of thiophene rings is 1. The summed E-state index contributed by atoms with van der Waals surface area (Å²) < 4.78 is 28.1. The smallest absolute Gasteiger partial charge is 0.150 e. The Morgan fingerprint density at radius 2 is 2.00 bits per heavy atom. The van der Waals surface area contributed by atoms with E-state index in [4.69, 9.17) is 0 Å². The van der Waals surface area contributed by atoms with Crippen molar-refractivity contribution < 1.29 is 8.78 Å². The highest BCUT2D eigenvalue weighted by atomic mass is 79.9. The van der Waals surface area contributed by atoms with Crippen LogP contribution in [0.5, 0.6) is 0 Å². The quantitative estimate of drug-likeness (QED) is 0.782. The van der Waals surface area contributed by atoms with E-state index < -0.39 is 11.6 Å². The topological polar surface area (TPSA) is 12.0 Å². The van der Waals surface area contributed by atoms with E-state index in [2.05, 4.69) is 21.2 Å². The van der Waals surface area contributed by atoms with Crippen LogP contribution < -0.4 is 5.32 Å². The Balaban J connectivity index is 1.92. The van der Waals surface area contributed by atoms with Crippen molar-refractivity contribution in [3.8, 4) is 0 Å². The van der Waals surface area contributed by atoms with Gasteiger partial charge in [-0.25, -0.2) is 8.78 Å². The van der Waals surface area contributed by atoms with Crippen LogP contribution in [0.1, 0.15) is 29.3 Å². The monoisotopic (exact) mass is 343 g/mol. The van der Waals surface area contributed by atoms with Crippen LogP contribution in [0.15, 0.2) is 28.1 Å². The predicted octanol–water partition coefficient (Wildman–Crippen LogP) is 5.28. The molecule has 1 atom stereocenters. The van der Waals surface area contributed by atoms with E-state index in [0.29, 0.717) is 4.47 Å². The molecule has 3 rings (SSSR count). The first-order chi connectivity index (χ1) is 9.15. The van der Waals surface area contributed by atoms with Crippen molar-refractivity contribution in [1.82, 2.24) is 0 Å². The molecule has 0 amide bonds. The minimum Gasteiger partial charge on any atom is -0.373 e. The van der Waals surface area contributed by atoms with Crippen molar-refractivity contribution in [1.29, 1.82) is 0 Å². The normalized spacial score (nSPS) is 18.2. The van der Waals surface area contributed by atoms with Crippen molar-refractivity contribution in [3.63, 3.8) is 0 Å². The molecule has 1 aromatic carbocycles. The summed E-state index contributed by atoms with van der Waals surface area (Å²) in [6.07, 6.45) is 3.01. The Bertz CT molecular complexity index is 588. The van der Waals surface area contributed by atoms with Crippen molar-refractivity contribution in [3.05, 3.63) is 50.1 Å². The zero-order valence-corrected chi connectivity index (χ0v) is 12.5. The summed E-state index contributed by atoms with van der Waals surface area (Å²) in [5, 5.41) is 5.06. The maximum atomic E-state index is 13.8. The highest BCUT2D eigenvalue weighted by Gasteiger charge is 2.23. The SMILES string of the molecule is Fc1cc(Br)cc(F)c1NC1CCCc2sccc21. The average Bonchev–Trinajstić information content (AvgIpc) is 2.82. The van der Waals surface area contributed by atoms with Crippen molar-refractivity contribution in [2.75, 3.05) is 5.32 Å². The van der Waals surface area contributed by atoms with Crippen LogP contribution in [0.4, 0.5) is 14.5 Å². The van der Waals surface area contributed by atoms with E-state index in [9.17, 15) is 8.78 Å². The van der Waals surface area contributed by atoms with Gasteiger partial charge in [0.05, 0.1) is 6.04 Å². The Morgan fingerprint density at radius 3 is 2.74 bits per heavy atom. The van der Waals surface area contributed by atoms with E-state index in [1.807, 2.05) is 11.4 Å². The van der Waals surface area contributed by atoms with Crippen molar-refractivity contribution in [2.45, 2.75) is 25.3 Å². The van der Waals surface area contributed by atoms with E-state index in [1.165, 1.54) is 22.6 Å². The standard InChI is InChI=1S/C14H12BrF2NS/c15-8-6-10(16)14(11(17)7-8)18-12-2-1-3-13-9(12)4-5-19-13/h4-7,12,18H,1-3H2. The maximum absolute atomic E-state index is 13.8. The number of nitrogens with one attached hydrogen (secondary N) is 1. The molecule has 0 aliphatic heterocycles. The molecule has 0 spiro atoms. The summed E-state index contributed by atoms with van der Waals surface area (Å²) in [4.78, 5) is 1.32. The Hall–Kier alpha value is -0.940. The molecule has 1 unspecified atom stereocenters. The highest BCUT2D eigenvalue weighted by molar-refractivity contribution is 9.10. The second-order valence-corrected chi connectivity index (χ2v) is 6.55. The van der Waals surface area contributed by atoms with Gasteiger partial charge in [0.2, 0.25) is 0 Å². The number of rotatable bonds is 2. The van der Waals surface area contributed by atoms with Gasteiger partial charge in [0, 0.05) is 9.35 Å². The Labute approximate surface area is 122 Å². The lowest BCUT2D eigenvalue weighted by atomic mass is 9.94. The summed E-state index contributed by atoms with van der Waals surface area (Å²) in [5.41, 5.74) is 1.14. The van der Waals surface area contributed by atoms with Crippen molar-refractivity contribution >= 4 is 33.0 Å². The second-order valence-electron chi connectivity index (χ2n) is 4.63. The molecule has 100 valence electrons. The number of aryl methyl sites for hydroxylation is 1. The minimum atomic E-state index is -0.561. The fourth-order valence-corrected chi connectivity index (χ4v) is 3.88. The van der Waals surface area contributed by atoms with E-state index in [0.717, 1.165) is 19.3 Å². The molecule has 1 aromatic heterocycles. The van der Waals surface area contributed by atoms with Crippen LogP contribution in [-0.2, 0) is 6.42 Å². The van der Waals surface area contributed by atoms with Gasteiger partial charge in [0.15, 0.2) is 0 Å². The lowest BCUT2D eigenvalue weighted by Gasteiger charge is -2.25. The number of hydrogen-bond acceptors (Lipinski definition) is 2. The molecule has 1 aliphatic rings. The van der Waals surface area contributed by atoms with Crippen LogP contribution in [-0.4, -0.2) is 0 Å². The molecule has 0 saturated heterocycles. The summed E-state index contributed by atoms with van der Waals surface area (Å²) in [7, 11) is 0. The largest absolute Gasteiger partial charge is 0.373 e. The Morgan fingerprint density at radius 1 is 1.26 bits per heavy atom. The predicted molar refractivity (Wildman–Crippen MR) is 77.7 cm³/mol. The molecule has 0 bridgehead atoms. The molecule has 1 aliphatic carbocycles. The number of anilines is 1. The fraction of sp³-hybridized carbons (Fsp3) is 0.286. The van der Waals surface area contributed by atoms with Crippen molar-refractivity contribution in [2.24, 2.45) is 0 Å². The molecule has 2 aromatic rings. The second kappa shape index (κ2) is 5.21. The fourth-order valence-electron chi connectivity index (χ4n) is 2.49. The number of fused-ring (bicyclic) bond motifs is 1. The average molecular weight is 344 g/mol. The first-order valence-corrected chi connectivity index (χ1v) is 7.80. The van der Waals surface area contributed by atoms with Gasteiger partial charge < -0.3 is 5.32 Å². The van der Waals surface area contributed by atoms with Gasteiger partial charge in [0.1, 0.15) is 17.3 Å². The van der Waals surface area contributed by atoms with Gasteiger partial charge in [-0.15, -0.1) is 11.3 Å². The highest BCUT2D eigenvalue weighted by Crippen LogP contribution is 2.37. The lowest BCUT2D eigenvalue weighted by molar-refractivity contribution is 0.563. The van der Waals surface area contributed by atoms with Crippen LogP contribution in [0, 0.1) is 11.6 Å². The molecule has 5 heteroatoms. The number of hydrogen-bond donors (Lipinski definition) is 1. The van der Waals surface area contributed by atoms with Crippen LogP contribution in [0.2, 0.25) is 0 Å². The van der Waals surface area contributed by atoms with Gasteiger partial charge in [0.25, 0.3) is 0 Å². The molecular formula is C14H12BrF2NS. The molecule has 0 fully saturated rings. The summed E-state index contributed by atoms with van der Waals surface area (Å²) >= 11 is 4.80. The van der Waals surface area contributed by atoms with Crippen LogP contribution in [0.25, 0.3) is 0 Å².